The lowest BCUT2D eigenvalue weighted by Crippen LogP contribution is -2.43. The molecule has 0 saturated carbocycles. The lowest BCUT2D eigenvalue weighted by molar-refractivity contribution is -0.0117. The van der Waals surface area contributed by atoms with Crippen LogP contribution in [0.5, 0.6) is 0 Å². The topological polar surface area (TPSA) is 112 Å². The Balaban J connectivity index is 1.64. The van der Waals surface area contributed by atoms with Crippen LogP contribution in [0.1, 0.15) is 11.4 Å². The van der Waals surface area contributed by atoms with E-state index in [2.05, 4.69) is 42.7 Å². The lowest BCUT2D eigenvalue weighted by Gasteiger charge is -2.30. The van der Waals surface area contributed by atoms with Gasteiger partial charge in [0.25, 0.3) is 0 Å². The summed E-state index contributed by atoms with van der Waals surface area (Å²) in [6, 6.07) is 3.80. The number of morpholine rings is 1. The van der Waals surface area contributed by atoms with Gasteiger partial charge >= 0.3 is 0 Å². The van der Waals surface area contributed by atoms with Crippen LogP contribution in [-0.2, 0) is 4.74 Å². The summed E-state index contributed by atoms with van der Waals surface area (Å²) in [5.74, 6) is 1.05. The molecule has 2 aromatic rings. The number of hydrogen-bond acceptors (Lipinski definition) is 9. The van der Waals surface area contributed by atoms with E-state index in [1.165, 1.54) is 12.4 Å². The van der Waals surface area contributed by atoms with E-state index in [-0.39, 0.29) is 11.8 Å². The average Bonchev–Trinajstić information content (AvgIpc) is 2.63. The Hall–Kier alpha value is -2.83. The van der Waals surface area contributed by atoms with E-state index in [1.54, 1.807) is 0 Å². The van der Waals surface area contributed by atoms with Crippen molar-refractivity contribution in [1.29, 1.82) is 5.26 Å². The van der Waals surface area contributed by atoms with Crippen molar-refractivity contribution >= 4 is 17.3 Å². The number of ether oxygens (including phenoxy) is 1. The van der Waals surface area contributed by atoms with Crippen molar-refractivity contribution in [1.82, 2.24) is 25.1 Å². The first-order chi connectivity index (χ1) is 12.1. The van der Waals surface area contributed by atoms with Crippen molar-refractivity contribution < 1.29 is 4.74 Å². The summed E-state index contributed by atoms with van der Waals surface area (Å²) in [6.07, 6.45) is 3.03. The molecule has 0 aliphatic carbocycles. The van der Waals surface area contributed by atoms with E-state index in [0.717, 1.165) is 31.1 Å². The van der Waals surface area contributed by atoms with Crippen LogP contribution in [0.2, 0.25) is 0 Å². The number of nitrogens with one attached hydrogen (secondary N) is 2. The van der Waals surface area contributed by atoms with Gasteiger partial charge in [-0.25, -0.2) is 9.97 Å². The van der Waals surface area contributed by atoms with Gasteiger partial charge in [0, 0.05) is 25.7 Å². The molecule has 0 radical (unpaired) electrons. The van der Waals surface area contributed by atoms with Crippen molar-refractivity contribution in [3.63, 3.8) is 0 Å². The molecule has 3 heterocycles. The molecule has 1 aliphatic heterocycles. The van der Waals surface area contributed by atoms with Gasteiger partial charge in [0.2, 0.25) is 0 Å². The summed E-state index contributed by atoms with van der Waals surface area (Å²) >= 11 is 0. The fraction of sp³-hybridized carbons (Fsp3) is 0.438. The summed E-state index contributed by atoms with van der Waals surface area (Å²) < 4.78 is 5.76. The normalized spacial score (nSPS) is 17.7. The number of nitrogens with zero attached hydrogens (tertiary/aromatic N) is 6. The number of aromatic nitrogens is 4. The highest BCUT2D eigenvalue weighted by atomic mass is 16.5. The minimum absolute atomic E-state index is 0.145. The van der Waals surface area contributed by atoms with Crippen LogP contribution in [-0.4, -0.2) is 64.5 Å². The molecule has 0 bridgehead atoms. The molecule has 1 aliphatic rings. The molecule has 130 valence electrons. The second kappa shape index (κ2) is 7.83. The highest BCUT2D eigenvalue weighted by Crippen LogP contribution is 2.18. The first-order valence-electron chi connectivity index (χ1n) is 8.01. The van der Waals surface area contributed by atoms with Crippen molar-refractivity contribution in [3.05, 3.63) is 29.8 Å². The summed E-state index contributed by atoms with van der Waals surface area (Å²) in [5, 5.41) is 23.4. The first kappa shape index (κ1) is 17.0. The van der Waals surface area contributed by atoms with Crippen molar-refractivity contribution in [2.75, 3.05) is 43.9 Å². The average molecular weight is 340 g/mol. The van der Waals surface area contributed by atoms with Gasteiger partial charge in [-0.05, 0) is 14.0 Å². The molecule has 2 aromatic heterocycles. The van der Waals surface area contributed by atoms with E-state index >= 15 is 0 Å². The summed E-state index contributed by atoms with van der Waals surface area (Å²) in [5.41, 5.74) is 1.96. The minimum atomic E-state index is 0.145. The quantitative estimate of drug-likeness (QED) is 0.821. The Morgan fingerprint density at radius 3 is 2.92 bits per heavy atom. The second-order valence-electron chi connectivity index (χ2n) is 5.89. The number of likely N-dealkylation sites (N-methyl/N-ethyl adjacent to an activating group) is 1. The first-order valence-corrected chi connectivity index (χ1v) is 8.01. The minimum Gasteiger partial charge on any atom is -0.381 e. The monoisotopic (exact) mass is 340 g/mol. The van der Waals surface area contributed by atoms with Crippen LogP contribution >= 0.6 is 0 Å². The van der Waals surface area contributed by atoms with Gasteiger partial charge in [0.05, 0.1) is 36.5 Å². The molecule has 1 saturated heterocycles. The summed E-state index contributed by atoms with van der Waals surface area (Å²) in [4.78, 5) is 10.3. The van der Waals surface area contributed by atoms with Crippen LogP contribution < -0.4 is 10.6 Å². The summed E-state index contributed by atoms with van der Waals surface area (Å²) in [6.45, 7) is 5.21. The van der Waals surface area contributed by atoms with E-state index in [1.807, 2.05) is 19.1 Å². The lowest BCUT2D eigenvalue weighted by atomic mass is 10.2. The van der Waals surface area contributed by atoms with Crippen molar-refractivity contribution in [2.24, 2.45) is 0 Å². The predicted molar refractivity (Wildman–Crippen MR) is 92.5 cm³/mol. The second-order valence-corrected chi connectivity index (χ2v) is 5.89. The number of rotatable bonds is 5. The Labute approximate surface area is 146 Å². The Kier molecular flexibility index (Phi) is 5.33. The molecular formula is C16H20N8O. The number of nitriles is 1. The maximum atomic E-state index is 8.75. The van der Waals surface area contributed by atoms with Gasteiger partial charge in [-0.1, -0.05) is 0 Å². The maximum Gasteiger partial charge on any atom is 0.158 e. The molecular weight excluding hydrogens is 320 g/mol. The Bertz CT molecular complexity index is 758. The van der Waals surface area contributed by atoms with Crippen LogP contribution in [0.15, 0.2) is 18.5 Å². The number of hydrogen-bond donors (Lipinski definition) is 2. The number of aryl methyl sites for hydroxylation is 1. The molecule has 3 rings (SSSR count). The molecule has 0 spiro atoms. The number of anilines is 3. The van der Waals surface area contributed by atoms with E-state index in [9.17, 15) is 0 Å². The third kappa shape index (κ3) is 4.59. The SMILES string of the molecule is Cc1nnc(Nc2cnc(C#N)cn2)cc1NC[C@H]1CN(C)CCO1. The Morgan fingerprint density at radius 2 is 2.20 bits per heavy atom. The third-order valence-electron chi connectivity index (χ3n) is 3.86. The smallest absolute Gasteiger partial charge is 0.158 e. The molecule has 2 N–H and O–H groups in total. The standard InChI is InChI=1S/C16H20N8O/c1-11-14(19-8-13-10-24(2)3-4-25-13)5-15(23-22-11)21-16-9-18-12(6-17)7-20-16/h5,7,9,13H,3-4,8,10H2,1-2H3,(H2,19,20,21,23)/t13-/m0/s1. The Morgan fingerprint density at radius 1 is 1.32 bits per heavy atom. The molecule has 1 fully saturated rings. The van der Waals surface area contributed by atoms with Crippen molar-refractivity contribution in [2.45, 2.75) is 13.0 Å². The van der Waals surface area contributed by atoms with E-state index < -0.39 is 0 Å². The van der Waals surface area contributed by atoms with Crippen LogP contribution in [0.3, 0.4) is 0 Å². The van der Waals surface area contributed by atoms with Gasteiger partial charge in [-0.2, -0.15) is 10.4 Å². The summed E-state index contributed by atoms with van der Waals surface area (Å²) in [7, 11) is 2.09. The fourth-order valence-electron chi connectivity index (χ4n) is 2.49. The third-order valence-corrected chi connectivity index (χ3v) is 3.86. The zero-order valence-electron chi connectivity index (χ0n) is 14.2. The highest BCUT2D eigenvalue weighted by Gasteiger charge is 2.17. The molecule has 25 heavy (non-hydrogen) atoms. The highest BCUT2D eigenvalue weighted by molar-refractivity contribution is 5.59. The van der Waals surface area contributed by atoms with Crippen LogP contribution in [0.4, 0.5) is 17.3 Å². The van der Waals surface area contributed by atoms with Gasteiger partial charge in [-0.15, -0.1) is 5.10 Å². The fourth-order valence-corrected chi connectivity index (χ4v) is 2.49. The van der Waals surface area contributed by atoms with Gasteiger partial charge in [-0.3, -0.25) is 0 Å². The van der Waals surface area contributed by atoms with Crippen LogP contribution in [0.25, 0.3) is 0 Å². The molecule has 0 aromatic carbocycles. The largest absolute Gasteiger partial charge is 0.381 e. The van der Waals surface area contributed by atoms with E-state index in [0.29, 0.717) is 18.2 Å². The van der Waals surface area contributed by atoms with E-state index in [4.69, 9.17) is 10.00 Å². The molecule has 9 heteroatoms. The molecule has 9 nitrogen and oxygen atoms in total. The molecule has 1 atom stereocenters. The van der Waals surface area contributed by atoms with Crippen LogP contribution in [0, 0.1) is 18.3 Å². The van der Waals surface area contributed by atoms with Gasteiger partial charge < -0.3 is 20.3 Å². The van der Waals surface area contributed by atoms with Gasteiger partial charge in [0.1, 0.15) is 11.9 Å². The zero-order valence-corrected chi connectivity index (χ0v) is 14.2. The maximum absolute atomic E-state index is 8.75. The van der Waals surface area contributed by atoms with Crippen molar-refractivity contribution in [3.8, 4) is 6.07 Å². The molecule has 0 unspecified atom stereocenters. The predicted octanol–water partition coefficient (Wildman–Crippen LogP) is 0.933. The molecule has 0 amide bonds. The zero-order chi connectivity index (χ0) is 17.6. The van der Waals surface area contributed by atoms with Gasteiger partial charge in [0.15, 0.2) is 11.5 Å².